The summed E-state index contributed by atoms with van der Waals surface area (Å²) in [6.07, 6.45) is 0.379. The largest absolute Gasteiger partial charge is 0.484 e. The lowest BCUT2D eigenvalue weighted by molar-refractivity contribution is -0.118. The van der Waals surface area contributed by atoms with Gasteiger partial charge in [-0.2, -0.15) is 0 Å². The number of benzene rings is 2. The summed E-state index contributed by atoms with van der Waals surface area (Å²) in [6.45, 7) is 0.867. The number of halogens is 1. The third-order valence-electron chi connectivity index (χ3n) is 4.12. The quantitative estimate of drug-likeness (QED) is 0.912. The Kier molecular flexibility index (Phi) is 5.36. The van der Waals surface area contributed by atoms with Crippen LogP contribution in [0.25, 0.3) is 0 Å². The van der Waals surface area contributed by atoms with Crippen molar-refractivity contribution in [3.05, 3.63) is 59.4 Å². The van der Waals surface area contributed by atoms with Crippen LogP contribution in [-0.4, -0.2) is 37.2 Å². The van der Waals surface area contributed by atoms with E-state index in [1.54, 1.807) is 4.90 Å². The second-order valence-corrected chi connectivity index (χ2v) is 5.92. The second kappa shape index (κ2) is 7.86. The van der Waals surface area contributed by atoms with Gasteiger partial charge < -0.3 is 19.7 Å². The summed E-state index contributed by atoms with van der Waals surface area (Å²) >= 11 is 0. The Morgan fingerprint density at radius 1 is 1.15 bits per heavy atom. The zero-order valence-electron chi connectivity index (χ0n) is 14.3. The van der Waals surface area contributed by atoms with Crippen molar-refractivity contribution >= 4 is 17.7 Å². The van der Waals surface area contributed by atoms with Crippen molar-refractivity contribution in [2.75, 3.05) is 25.6 Å². The van der Waals surface area contributed by atoms with E-state index in [0.717, 1.165) is 17.5 Å². The van der Waals surface area contributed by atoms with Gasteiger partial charge in [0, 0.05) is 18.8 Å². The number of fused-ring (bicyclic) bond motifs is 1. The van der Waals surface area contributed by atoms with Crippen LogP contribution in [0.15, 0.2) is 42.5 Å². The van der Waals surface area contributed by atoms with Crippen LogP contribution >= 0.6 is 0 Å². The standard InChI is InChI=1S/C19H19FN2O4/c1-25-19(24)22-9-8-13-2-5-16(10-14(13)11-22)21-18(23)12-26-17-6-3-15(20)4-7-17/h2-7,10H,8-9,11-12H2,1H3,(H,21,23). The number of amides is 2. The first-order valence-corrected chi connectivity index (χ1v) is 8.18. The Morgan fingerprint density at radius 3 is 2.65 bits per heavy atom. The molecule has 136 valence electrons. The lowest BCUT2D eigenvalue weighted by Gasteiger charge is -2.28. The highest BCUT2D eigenvalue weighted by molar-refractivity contribution is 5.92. The molecule has 1 aliphatic heterocycles. The normalized spacial score (nSPS) is 12.9. The Balaban J connectivity index is 1.59. The van der Waals surface area contributed by atoms with Crippen LogP contribution in [0.1, 0.15) is 11.1 Å². The van der Waals surface area contributed by atoms with E-state index >= 15 is 0 Å². The molecule has 0 aliphatic carbocycles. The number of carbonyl (C=O) groups is 2. The molecule has 2 aromatic rings. The maximum Gasteiger partial charge on any atom is 0.409 e. The predicted octanol–water partition coefficient (Wildman–Crippen LogP) is 2.97. The van der Waals surface area contributed by atoms with Crippen LogP contribution in [0.3, 0.4) is 0 Å². The minimum absolute atomic E-state index is 0.184. The number of carbonyl (C=O) groups excluding carboxylic acids is 2. The molecule has 2 amide bonds. The summed E-state index contributed by atoms with van der Waals surface area (Å²) in [4.78, 5) is 25.3. The van der Waals surface area contributed by atoms with Crippen molar-refractivity contribution in [1.82, 2.24) is 4.90 Å². The third-order valence-corrected chi connectivity index (χ3v) is 4.12. The van der Waals surface area contributed by atoms with E-state index in [1.807, 2.05) is 18.2 Å². The van der Waals surface area contributed by atoms with Gasteiger partial charge in [-0.25, -0.2) is 9.18 Å². The molecule has 0 bridgehead atoms. The number of nitrogens with zero attached hydrogens (tertiary/aromatic N) is 1. The molecule has 0 spiro atoms. The molecule has 1 N–H and O–H groups in total. The lowest BCUT2D eigenvalue weighted by atomic mass is 9.99. The fourth-order valence-electron chi connectivity index (χ4n) is 2.80. The van der Waals surface area contributed by atoms with Gasteiger partial charge in [0.1, 0.15) is 11.6 Å². The summed E-state index contributed by atoms with van der Waals surface area (Å²) in [7, 11) is 1.36. The van der Waals surface area contributed by atoms with Gasteiger partial charge in [-0.1, -0.05) is 6.07 Å². The van der Waals surface area contributed by atoms with Crippen molar-refractivity contribution in [2.45, 2.75) is 13.0 Å². The SMILES string of the molecule is COC(=O)N1CCc2ccc(NC(=O)COc3ccc(F)cc3)cc2C1. The Bertz CT molecular complexity index is 808. The van der Waals surface area contributed by atoms with Gasteiger partial charge in [0.15, 0.2) is 6.61 Å². The van der Waals surface area contributed by atoms with E-state index in [9.17, 15) is 14.0 Å². The maximum atomic E-state index is 12.8. The fraction of sp³-hybridized carbons (Fsp3) is 0.263. The molecule has 6 nitrogen and oxygen atoms in total. The monoisotopic (exact) mass is 358 g/mol. The fourth-order valence-corrected chi connectivity index (χ4v) is 2.80. The molecule has 0 radical (unpaired) electrons. The summed E-state index contributed by atoms with van der Waals surface area (Å²) in [5.41, 5.74) is 2.74. The minimum Gasteiger partial charge on any atom is -0.484 e. The molecule has 0 saturated carbocycles. The number of hydrogen-bond acceptors (Lipinski definition) is 4. The van der Waals surface area contributed by atoms with E-state index in [-0.39, 0.29) is 24.4 Å². The highest BCUT2D eigenvalue weighted by Gasteiger charge is 2.21. The minimum atomic E-state index is -0.364. The molecule has 0 saturated heterocycles. The molecule has 0 atom stereocenters. The molecule has 1 aliphatic rings. The molecule has 1 heterocycles. The highest BCUT2D eigenvalue weighted by atomic mass is 19.1. The van der Waals surface area contributed by atoms with E-state index in [1.165, 1.54) is 31.4 Å². The van der Waals surface area contributed by atoms with Gasteiger partial charge in [0.2, 0.25) is 0 Å². The Hall–Kier alpha value is -3.09. The molecule has 26 heavy (non-hydrogen) atoms. The van der Waals surface area contributed by atoms with Gasteiger partial charge >= 0.3 is 6.09 Å². The lowest BCUT2D eigenvalue weighted by Crippen LogP contribution is -2.35. The average molecular weight is 358 g/mol. The van der Waals surface area contributed by atoms with Crippen LogP contribution in [0.2, 0.25) is 0 Å². The Morgan fingerprint density at radius 2 is 1.92 bits per heavy atom. The van der Waals surface area contributed by atoms with E-state index in [0.29, 0.717) is 24.5 Å². The molecule has 0 unspecified atom stereocenters. The first kappa shape index (κ1) is 17.7. The van der Waals surface area contributed by atoms with Crippen molar-refractivity contribution < 1.29 is 23.5 Å². The van der Waals surface area contributed by atoms with Crippen molar-refractivity contribution in [3.8, 4) is 5.75 Å². The summed E-state index contributed by atoms with van der Waals surface area (Å²) in [5, 5.41) is 2.76. The second-order valence-electron chi connectivity index (χ2n) is 5.92. The number of nitrogens with one attached hydrogen (secondary N) is 1. The van der Waals surface area contributed by atoms with E-state index < -0.39 is 0 Å². The van der Waals surface area contributed by atoms with Gasteiger partial charge in [0.05, 0.1) is 7.11 Å². The number of ether oxygens (including phenoxy) is 2. The smallest absolute Gasteiger partial charge is 0.409 e. The van der Waals surface area contributed by atoms with Gasteiger partial charge in [0.25, 0.3) is 5.91 Å². The zero-order chi connectivity index (χ0) is 18.5. The zero-order valence-corrected chi connectivity index (χ0v) is 14.3. The van der Waals surface area contributed by atoms with E-state index in [2.05, 4.69) is 5.32 Å². The van der Waals surface area contributed by atoms with Crippen molar-refractivity contribution in [1.29, 1.82) is 0 Å². The molecule has 0 aromatic heterocycles. The molecular formula is C19H19FN2O4. The van der Waals surface area contributed by atoms with Crippen LogP contribution in [-0.2, 0) is 22.5 Å². The number of methoxy groups -OCH3 is 1. The van der Waals surface area contributed by atoms with Gasteiger partial charge in [-0.3, -0.25) is 4.79 Å². The predicted molar refractivity (Wildman–Crippen MR) is 93.5 cm³/mol. The van der Waals surface area contributed by atoms with Crippen molar-refractivity contribution in [2.24, 2.45) is 0 Å². The number of hydrogen-bond donors (Lipinski definition) is 1. The molecular weight excluding hydrogens is 339 g/mol. The highest BCUT2D eigenvalue weighted by Crippen LogP contribution is 2.23. The molecule has 3 rings (SSSR count). The molecule has 2 aromatic carbocycles. The number of rotatable bonds is 4. The average Bonchev–Trinajstić information content (AvgIpc) is 2.66. The summed E-state index contributed by atoms with van der Waals surface area (Å²) in [5.74, 6) is -0.271. The summed E-state index contributed by atoms with van der Waals surface area (Å²) < 4.78 is 22.9. The van der Waals surface area contributed by atoms with Crippen LogP contribution in [0, 0.1) is 5.82 Å². The Labute approximate surface area is 150 Å². The topological polar surface area (TPSA) is 67.9 Å². The van der Waals surface area contributed by atoms with Crippen LogP contribution in [0.4, 0.5) is 14.9 Å². The third kappa shape index (κ3) is 4.30. The van der Waals surface area contributed by atoms with Crippen LogP contribution < -0.4 is 10.1 Å². The van der Waals surface area contributed by atoms with Crippen molar-refractivity contribution in [3.63, 3.8) is 0 Å². The first-order chi connectivity index (χ1) is 12.5. The van der Waals surface area contributed by atoms with Gasteiger partial charge in [-0.15, -0.1) is 0 Å². The molecule has 0 fully saturated rings. The van der Waals surface area contributed by atoms with Gasteiger partial charge in [-0.05, 0) is 53.9 Å². The number of anilines is 1. The van der Waals surface area contributed by atoms with E-state index in [4.69, 9.17) is 9.47 Å². The van der Waals surface area contributed by atoms with Crippen LogP contribution in [0.5, 0.6) is 5.75 Å². The molecule has 7 heteroatoms. The summed E-state index contributed by atoms with van der Waals surface area (Å²) in [6, 6.07) is 11.1. The maximum absolute atomic E-state index is 12.8. The first-order valence-electron chi connectivity index (χ1n) is 8.18.